The van der Waals surface area contributed by atoms with Crippen LogP contribution in [-0.4, -0.2) is 22.6 Å². The molecule has 140 valence electrons. The zero-order valence-corrected chi connectivity index (χ0v) is 16.7. The quantitative estimate of drug-likeness (QED) is 0.715. The van der Waals surface area contributed by atoms with Gasteiger partial charge >= 0.3 is 0 Å². The number of imidazole rings is 1. The first-order valence-corrected chi connectivity index (χ1v) is 7.71. The second-order valence-electron chi connectivity index (χ2n) is 5.65. The Morgan fingerprint density at radius 2 is 2.08 bits per heavy atom. The number of nitrogen functional groups attached to an aromatic ring is 1. The first-order valence-electron chi connectivity index (χ1n) is 7.33. The minimum Gasteiger partial charge on any atom is -0.496 e. The molecule has 0 saturated heterocycles. The van der Waals surface area contributed by atoms with E-state index >= 15 is 0 Å². The molecule has 25 heavy (non-hydrogen) atoms. The summed E-state index contributed by atoms with van der Waals surface area (Å²) < 4.78 is 7.22. The van der Waals surface area contributed by atoms with Gasteiger partial charge < -0.3 is 20.4 Å². The molecule has 1 aromatic heterocycles. The molecule has 1 heterocycles. The summed E-state index contributed by atoms with van der Waals surface area (Å²) >= 11 is 5.99. The number of anilines is 1. The van der Waals surface area contributed by atoms with E-state index < -0.39 is 0 Å². The number of carbonyl (C=O) groups excluding carboxylic acids is 1. The van der Waals surface area contributed by atoms with E-state index in [1.165, 1.54) is 19.2 Å². The number of amides is 1. The van der Waals surface area contributed by atoms with Crippen molar-refractivity contribution in [2.75, 3.05) is 12.8 Å². The van der Waals surface area contributed by atoms with Crippen LogP contribution in [0.25, 0.3) is 0 Å². The molecule has 0 aliphatic rings. The second-order valence-corrected chi connectivity index (χ2v) is 6.05. The fourth-order valence-electron chi connectivity index (χ4n) is 2.24. The van der Waals surface area contributed by atoms with Gasteiger partial charge in [0.15, 0.2) is 0 Å². The molecule has 0 atom stereocenters. The lowest BCUT2D eigenvalue weighted by molar-refractivity contribution is 0.0946. The highest BCUT2D eigenvalue weighted by Crippen LogP contribution is 2.28. The fourth-order valence-corrected chi connectivity index (χ4v) is 2.40. The lowest BCUT2D eigenvalue weighted by Crippen LogP contribution is -2.25. The van der Waals surface area contributed by atoms with Crippen molar-refractivity contribution in [2.45, 2.75) is 26.9 Å². The van der Waals surface area contributed by atoms with E-state index in [9.17, 15) is 4.79 Å². The molecule has 9 heteroatoms. The zero-order chi connectivity index (χ0) is 17.0. The third-order valence-electron chi connectivity index (χ3n) is 3.33. The van der Waals surface area contributed by atoms with Gasteiger partial charge in [-0.3, -0.25) is 4.79 Å². The summed E-state index contributed by atoms with van der Waals surface area (Å²) in [5, 5.41) is 3.15. The third kappa shape index (κ3) is 5.99. The number of hydrogen-bond donors (Lipinski definition) is 2. The number of aromatic nitrogens is 2. The fraction of sp³-hybridized carbons (Fsp3) is 0.375. The van der Waals surface area contributed by atoms with E-state index in [4.69, 9.17) is 22.1 Å². The molecule has 2 rings (SSSR count). The van der Waals surface area contributed by atoms with Gasteiger partial charge in [-0.2, -0.15) is 0 Å². The normalized spacial score (nSPS) is 9.96. The number of ether oxygens (including phenoxy) is 1. The molecular formula is C16H23Cl3N4O2. The van der Waals surface area contributed by atoms with Crippen LogP contribution < -0.4 is 15.8 Å². The number of methoxy groups -OCH3 is 1. The van der Waals surface area contributed by atoms with Gasteiger partial charge in [0.05, 0.1) is 29.9 Å². The van der Waals surface area contributed by atoms with Gasteiger partial charge in [0.25, 0.3) is 5.91 Å². The summed E-state index contributed by atoms with van der Waals surface area (Å²) in [6.45, 7) is 5.43. The molecule has 3 N–H and O–H groups in total. The molecule has 0 unspecified atom stereocenters. The molecule has 0 bridgehead atoms. The number of nitrogens with one attached hydrogen (secondary N) is 1. The Labute approximate surface area is 164 Å². The number of rotatable bonds is 6. The average molecular weight is 410 g/mol. The third-order valence-corrected chi connectivity index (χ3v) is 3.66. The maximum atomic E-state index is 12.4. The molecule has 0 aliphatic heterocycles. The summed E-state index contributed by atoms with van der Waals surface area (Å²) in [4.78, 5) is 16.7. The summed E-state index contributed by atoms with van der Waals surface area (Å²) in [7, 11) is 1.48. The highest BCUT2D eigenvalue weighted by atomic mass is 35.5. The van der Waals surface area contributed by atoms with E-state index in [1.54, 1.807) is 6.20 Å². The number of hydrogen-bond acceptors (Lipinski definition) is 4. The lowest BCUT2D eigenvalue weighted by Gasteiger charge is -2.13. The van der Waals surface area contributed by atoms with Crippen molar-refractivity contribution < 1.29 is 9.53 Å². The summed E-state index contributed by atoms with van der Waals surface area (Å²) in [5.74, 6) is 1.39. The second kappa shape index (κ2) is 10.4. The van der Waals surface area contributed by atoms with Crippen LogP contribution in [0.2, 0.25) is 5.02 Å². The minimum absolute atomic E-state index is 0. The monoisotopic (exact) mass is 408 g/mol. The Bertz CT molecular complexity index is 705. The standard InChI is InChI=1S/C16H21ClN4O2.2ClH/c1-10(2)9-21-5-4-19-15(21)8-20-16(22)11-6-12(17)13(18)7-14(11)23-3;;/h4-7,10H,8-9,18H2,1-3H3,(H,20,22);2*1H. The summed E-state index contributed by atoms with van der Waals surface area (Å²) in [6, 6.07) is 3.04. The van der Waals surface area contributed by atoms with Crippen LogP contribution in [0.1, 0.15) is 30.0 Å². The molecule has 2 aromatic rings. The Balaban J connectivity index is 0.00000288. The summed E-state index contributed by atoms with van der Waals surface area (Å²) in [6.07, 6.45) is 3.63. The maximum Gasteiger partial charge on any atom is 0.255 e. The predicted octanol–water partition coefficient (Wildman–Crippen LogP) is 3.56. The van der Waals surface area contributed by atoms with Crippen molar-refractivity contribution in [1.29, 1.82) is 0 Å². The van der Waals surface area contributed by atoms with E-state index in [2.05, 4.69) is 24.1 Å². The SMILES string of the molecule is COc1cc(N)c(Cl)cc1C(=O)NCc1nccn1CC(C)C.Cl.Cl. The summed E-state index contributed by atoms with van der Waals surface area (Å²) in [5.41, 5.74) is 6.44. The molecule has 0 radical (unpaired) electrons. The molecule has 1 amide bonds. The number of halogens is 3. The van der Waals surface area contributed by atoms with Gasteiger partial charge in [-0.15, -0.1) is 24.8 Å². The molecule has 6 nitrogen and oxygen atoms in total. The minimum atomic E-state index is -0.289. The van der Waals surface area contributed by atoms with Gasteiger partial charge in [0.1, 0.15) is 11.6 Å². The van der Waals surface area contributed by atoms with Crippen molar-refractivity contribution in [2.24, 2.45) is 5.92 Å². The van der Waals surface area contributed by atoms with Gasteiger partial charge in [-0.05, 0) is 12.0 Å². The van der Waals surface area contributed by atoms with Gasteiger partial charge in [0, 0.05) is 25.0 Å². The smallest absolute Gasteiger partial charge is 0.255 e. The van der Waals surface area contributed by atoms with Crippen LogP contribution in [0.3, 0.4) is 0 Å². The van der Waals surface area contributed by atoms with E-state index in [0.29, 0.717) is 34.5 Å². The lowest BCUT2D eigenvalue weighted by atomic mass is 10.1. The first-order chi connectivity index (χ1) is 10.9. The van der Waals surface area contributed by atoms with E-state index in [1.807, 2.05) is 10.8 Å². The number of nitrogens with zero attached hydrogens (tertiary/aromatic N) is 2. The maximum absolute atomic E-state index is 12.4. The van der Waals surface area contributed by atoms with Crippen molar-refractivity contribution in [3.63, 3.8) is 0 Å². The van der Waals surface area contributed by atoms with Gasteiger partial charge in [0.2, 0.25) is 0 Å². The van der Waals surface area contributed by atoms with Crippen molar-refractivity contribution in [3.05, 3.63) is 40.9 Å². The van der Waals surface area contributed by atoms with Gasteiger partial charge in [-0.1, -0.05) is 25.4 Å². The zero-order valence-electron chi connectivity index (χ0n) is 14.3. The molecule has 0 saturated carbocycles. The topological polar surface area (TPSA) is 82.2 Å². The van der Waals surface area contributed by atoms with Gasteiger partial charge in [-0.25, -0.2) is 4.98 Å². The molecule has 1 aromatic carbocycles. The number of benzene rings is 1. The Hall–Kier alpha value is -1.63. The molecule has 0 aliphatic carbocycles. The van der Waals surface area contributed by atoms with Crippen molar-refractivity contribution >= 4 is 48.0 Å². The van der Waals surface area contributed by atoms with Crippen molar-refractivity contribution in [3.8, 4) is 5.75 Å². The molecule has 0 spiro atoms. The Morgan fingerprint density at radius 1 is 1.40 bits per heavy atom. The first kappa shape index (κ1) is 23.4. The van der Waals surface area contributed by atoms with Crippen LogP contribution in [0.4, 0.5) is 5.69 Å². The van der Waals surface area contributed by atoms with E-state index in [0.717, 1.165) is 12.4 Å². The molecule has 0 fully saturated rings. The largest absolute Gasteiger partial charge is 0.496 e. The Kier molecular flexibility index (Phi) is 9.70. The molecular weight excluding hydrogens is 387 g/mol. The van der Waals surface area contributed by atoms with Crippen LogP contribution in [0.15, 0.2) is 24.5 Å². The average Bonchev–Trinajstić information content (AvgIpc) is 2.93. The predicted molar refractivity (Wildman–Crippen MR) is 105 cm³/mol. The van der Waals surface area contributed by atoms with Crippen LogP contribution in [0, 0.1) is 5.92 Å². The van der Waals surface area contributed by atoms with Crippen molar-refractivity contribution in [1.82, 2.24) is 14.9 Å². The van der Waals surface area contributed by atoms with Crippen LogP contribution >= 0.6 is 36.4 Å². The highest BCUT2D eigenvalue weighted by Gasteiger charge is 2.15. The Morgan fingerprint density at radius 3 is 2.68 bits per heavy atom. The van der Waals surface area contributed by atoms with Crippen LogP contribution in [0.5, 0.6) is 5.75 Å². The van der Waals surface area contributed by atoms with Crippen LogP contribution in [-0.2, 0) is 13.1 Å². The number of carbonyl (C=O) groups is 1. The highest BCUT2D eigenvalue weighted by molar-refractivity contribution is 6.33. The number of nitrogens with two attached hydrogens (primary N) is 1. The van der Waals surface area contributed by atoms with E-state index in [-0.39, 0.29) is 30.7 Å².